The molecule has 2 aromatic rings. The number of H-pyrrole nitrogens is 1. The lowest BCUT2D eigenvalue weighted by molar-refractivity contribution is 0.158. The Labute approximate surface area is 103 Å². The quantitative estimate of drug-likeness (QED) is 0.790. The third kappa shape index (κ3) is 1.76. The Hall–Kier alpha value is -1.89. The van der Waals surface area contributed by atoms with Crippen LogP contribution in [0.15, 0.2) is 9.59 Å². The van der Waals surface area contributed by atoms with E-state index in [1.807, 2.05) is 6.92 Å². The molecule has 0 spiro atoms. The van der Waals surface area contributed by atoms with E-state index in [9.17, 15) is 14.7 Å². The van der Waals surface area contributed by atoms with Crippen LogP contribution in [0.1, 0.15) is 31.7 Å². The minimum Gasteiger partial charge on any atom is -0.385 e. The molecule has 0 radical (unpaired) electrons. The van der Waals surface area contributed by atoms with Crippen LogP contribution >= 0.6 is 0 Å². The van der Waals surface area contributed by atoms with Crippen molar-refractivity contribution in [3.8, 4) is 0 Å². The van der Waals surface area contributed by atoms with Gasteiger partial charge >= 0.3 is 5.69 Å². The van der Waals surface area contributed by atoms with Gasteiger partial charge in [0.25, 0.3) is 5.56 Å². The molecule has 0 fully saturated rings. The molecule has 0 aliphatic carbocycles. The van der Waals surface area contributed by atoms with Crippen LogP contribution in [-0.4, -0.2) is 24.2 Å². The van der Waals surface area contributed by atoms with Gasteiger partial charge in [-0.1, -0.05) is 13.3 Å². The largest absolute Gasteiger partial charge is 0.385 e. The zero-order chi connectivity index (χ0) is 13.4. The number of hydrogen-bond donors (Lipinski definition) is 2. The summed E-state index contributed by atoms with van der Waals surface area (Å²) in [5.41, 5.74) is -0.357. The van der Waals surface area contributed by atoms with Crippen molar-refractivity contribution in [3.05, 3.63) is 26.7 Å². The second kappa shape index (κ2) is 4.41. The molecule has 18 heavy (non-hydrogen) atoms. The molecule has 2 aromatic heterocycles. The van der Waals surface area contributed by atoms with Gasteiger partial charge < -0.3 is 10.1 Å². The van der Waals surface area contributed by atoms with E-state index in [0.717, 1.165) is 11.0 Å². The van der Waals surface area contributed by atoms with Crippen LogP contribution < -0.4 is 11.2 Å². The average molecular weight is 252 g/mol. The highest BCUT2D eigenvalue weighted by atomic mass is 16.3. The highest BCUT2D eigenvalue weighted by molar-refractivity contribution is 5.69. The molecular weight excluding hydrogens is 236 g/mol. The molecule has 0 bridgehead atoms. The number of aromatic amines is 1. The first-order valence-corrected chi connectivity index (χ1v) is 5.81. The van der Waals surface area contributed by atoms with E-state index in [1.165, 1.54) is 11.6 Å². The number of aliphatic hydroxyl groups is 1. The number of aliphatic hydroxyl groups excluding tert-OH is 1. The summed E-state index contributed by atoms with van der Waals surface area (Å²) in [6.07, 6.45) is 0.602. The monoisotopic (exact) mass is 252 g/mol. The fourth-order valence-corrected chi connectivity index (χ4v) is 1.91. The number of hydrogen-bond acceptors (Lipinski definition) is 4. The molecule has 0 aliphatic rings. The van der Waals surface area contributed by atoms with Crippen LogP contribution in [0.2, 0.25) is 0 Å². The predicted octanol–water partition coefficient (Wildman–Crippen LogP) is -0.206. The standard InChI is InChI=1S/C11H16N4O3/c1-4-5-6(16)8-12-7-9(13-8)14(2)11(18)15(3)10(7)17/h6,16H,4-5H2,1-3H3,(H,12,13). The zero-order valence-corrected chi connectivity index (χ0v) is 10.6. The lowest BCUT2D eigenvalue weighted by Crippen LogP contribution is -2.36. The molecule has 2 rings (SSSR count). The maximum Gasteiger partial charge on any atom is 0.332 e. The zero-order valence-electron chi connectivity index (χ0n) is 10.6. The van der Waals surface area contributed by atoms with Crippen LogP contribution in [0.4, 0.5) is 0 Å². The summed E-state index contributed by atoms with van der Waals surface area (Å²) in [4.78, 5) is 30.6. The van der Waals surface area contributed by atoms with E-state index in [0.29, 0.717) is 12.2 Å². The predicted molar refractivity (Wildman–Crippen MR) is 66.4 cm³/mol. The van der Waals surface area contributed by atoms with Crippen LogP contribution in [0.5, 0.6) is 0 Å². The van der Waals surface area contributed by atoms with E-state index in [4.69, 9.17) is 0 Å². The number of fused-ring (bicyclic) bond motifs is 1. The molecule has 2 N–H and O–H groups in total. The lowest BCUT2D eigenvalue weighted by atomic mass is 10.2. The first kappa shape index (κ1) is 12.6. The van der Waals surface area contributed by atoms with Crippen LogP contribution in [0, 0.1) is 0 Å². The van der Waals surface area contributed by atoms with Crippen molar-refractivity contribution in [1.29, 1.82) is 0 Å². The second-order valence-electron chi connectivity index (χ2n) is 4.33. The molecule has 7 heteroatoms. The van der Waals surface area contributed by atoms with E-state index in [-0.39, 0.29) is 11.2 Å². The first-order valence-electron chi connectivity index (χ1n) is 5.81. The highest BCUT2D eigenvalue weighted by Crippen LogP contribution is 2.16. The van der Waals surface area contributed by atoms with Gasteiger partial charge in [0.15, 0.2) is 5.65 Å². The summed E-state index contributed by atoms with van der Waals surface area (Å²) in [6.45, 7) is 1.95. The Morgan fingerprint density at radius 1 is 1.33 bits per heavy atom. The minimum atomic E-state index is -0.748. The van der Waals surface area contributed by atoms with E-state index >= 15 is 0 Å². The lowest BCUT2D eigenvalue weighted by Gasteiger charge is -2.03. The first-order chi connectivity index (χ1) is 8.47. The van der Waals surface area contributed by atoms with Gasteiger partial charge in [-0.2, -0.15) is 0 Å². The maximum atomic E-state index is 11.9. The number of nitrogens with zero attached hydrogens (tertiary/aromatic N) is 3. The Morgan fingerprint density at radius 2 is 2.00 bits per heavy atom. The number of aryl methyl sites for hydroxylation is 1. The third-order valence-corrected chi connectivity index (χ3v) is 2.99. The molecule has 0 amide bonds. The summed E-state index contributed by atoms with van der Waals surface area (Å²) in [6, 6.07) is 0. The minimum absolute atomic E-state index is 0.241. The van der Waals surface area contributed by atoms with Crippen LogP contribution in [-0.2, 0) is 14.1 Å². The fourth-order valence-electron chi connectivity index (χ4n) is 1.91. The van der Waals surface area contributed by atoms with Gasteiger partial charge in [-0.3, -0.25) is 13.9 Å². The summed E-state index contributed by atoms with van der Waals surface area (Å²) in [5, 5.41) is 9.85. The summed E-state index contributed by atoms with van der Waals surface area (Å²) in [7, 11) is 2.95. The maximum absolute atomic E-state index is 11.9. The number of imidazole rings is 1. The molecule has 2 heterocycles. The molecule has 0 saturated carbocycles. The normalized spacial score (nSPS) is 13.1. The number of rotatable bonds is 3. The summed E-state index contributed by atoms with van der Waals surface area (Å²) < 4.78 is 2.30. The number of nitrogens with one attached hydrogen (secondary N) is 1. The average Bonchev–Trinajstić information content (AvgIpc) is 2.79. The van der Waals surface area contributed by atoms with Crippen molar-refractivity contribution in [2.45, 2.75) is 25.9 Å². The molecular formula is C11H16N4O3. The fraction of sp³-hybridized carbons (Fsp3) is 0.545. The Bertz CT molecular complexity index is 695. The van der Waals surface area contributed by atoms with Crippen molar-refractivity contribution < 1.29 is 5.11 Å². The van der Waals surface area contributed by atoms with Gasteiger partial charge in [0.2, 0.25) is 0 Å². The molecule has 0 saturated heterocycles. The van der Waals surface area contributed by atoms with E-state index in [1.54, 1.807) is 7.05 Å². The topological polar surface area (TPSA) is 92.9 Å². The van der Waals surface area contributed by atoms with Gasteiger partial charge in [-0.15, -0.1) is 0 Å². The molecule has 7 nitrogen and oxygen atoms in total. The summed E-state index contributed by atoms with van der Waals surface area (Å²) in [5.74, 6) is 0.324. The third-order valence-electron chi connectivity index (χ3n) is 2.99. The Morgan fingerprint density at radius 3 is 2.61 bits per heavy atom. The molecule has 0 aromatic carbocycles. The smallest absolute Gasteiger partial charge is 0.332 e. The van der Waals surface area contributed by atoms with Crippen molar-refractivity contribution >= 4 is 11.2 Å². The Kier molecular flexibility index (Phi) is 3.08. The Balaban J connectivity index is 2.72. The van der Waals surface area contributed by atoms with Crippen molar-refractivity contribution in [3.63, 3.8) is 0 Å². The SMILES string of the molecule is CCCC(O)c1nc2c([nH]1)c(=O)n(C)c(=O)n2C. The summed E-state index contributed by atoms with van der Waals surface area (Å²) >= 11 is 0. The molecule has 0 aliphatic heterocycles. The highest BCUT2D eigenvalue weighted by Gasteiger charge is 2.17. The second-order valence-corrected chi connectivity index (χ2v) is 4.33. The van der Waals surface area contributed by atoms with Gasteiger partial charge in [-0.25, -0.2) is 9.78 Å². The molecule has 1 atom stereocenters. The molecule has 1 unspecified atom stereocenters. The van der Waals surface area contributed by atoms with Gasteiger partial charge in [-0.05, 0) is 6.42 Å². The number of aromatic nitrogens is 4. The van der Waals surface area contributed by atoms with E-state index in [2.05, 4.69) is 9.97 Å². The van der Waals surface area contributed by atoms with Gasteiger partial charge in [0, 0.05) is 14.1 Å². The molecule has 98 valence electrons. The van der Waals surface area contributed by atoms with E-state index < -0.39 is 17.4 Å². The van der Waals surface area contributed by atoms with Crippen LogP contribution in [0.25, 0.3) is 11.2 Å². The van der Waals surface area contributed by atoms with Crippen molar-refractivity contribution in [2.24, 2.45) is 14.1 Å². The van der Waals surface area contributed by atoms with Gasteiger partial charge in [0.1, 0.15) is 17.4 Å². The van der Waals surface area contributed by atoms with Crippen LogP contribution in [0.3, 0.4) is 0 Å². The van der Waals surface area contributed by atoms with Crippen molar-refractivity contribution in [2.75, 3.05) is 0 Å². The van der Waals surface area contributed by atoms with Crippen molar-refractivity contribution in [1.82, 2.24) is 19.1 Å². The van der Waals surface area contributed by atoms with Gasteiger partial charge in [0.05, 0.1) is 0 Å².